The van der Waals surface area contributed by atoms with Crippen LogP contribution in [0.1, 0.15) is 43.4 Å². The van der Waals surface area contributed by atoms with Gasteiger partial charge in [0.05, 0.1) is 19.3 Å². The molecular weight excluding hydrogens is 412 g/mol. The van der Waals surface area contributed by atoms with E-state index in [2.05, 4.69) is 19.7 Å². The highest BCUT2D eigenvalue weighted by molar-refractivity contribution is 5.94. The first-order chi connectivity index (χ1) is 15.1. The molecule has 3 rings (SSSR count). The maximum atomic E-state index is 11.0. The lowest BCUT2D eigenvalue weighted by Crippen LogP contribution is -2.06. The van der Waals surface area contributed by atoms with Crippen LogP contribution in [0.5, 0.6) is 0 Å². The number of carbonyl (C=O) groups excluding carboxylic acids is 2. The highest BCUT2D eigenvalue weighted by atomic mass is 16.5. The van der Waals surface area contributed by atoms with Gasteiger partial charge in [-0.15, -0.1) is 0 Å². The normalized spacial score (nSPS) is 9.53. The summed E-state index contributed by atoms with van der Waals surface area (Å²) in [7, 11) is 1.31. The Morgan fingerprint density at radius 1 is 0.906 bits per heavy atom. The van der Waals surface area contributed by atoms with Gasteiger partial charge in [0, 0.05) is 58.3 Å². The number of aromatic nitrogens is 3. The Labute approximate surface area is 186 Å². The Morgan fingerprint density at radius 3 is 1.84 bits per heavy atom. The molecule has 3 aromatic heterocycles. The number of nitrogen functional groups attached to an aromatic ring is 3. The van der Waals surface area contributed by atoms with Gasteiger partial charge >= 0.3 is 5.97 Å². The van der Waals surface area contributed by atoms with Crippen molar-refractivity contribution in [1.82, 2.24) is 15.0 Å². The molecule has 170 valence electrons. The Kier molecular flexibility index (Phi) is 10.2. The van der Waals surface area contributed by atoms with E-state index in [1.807, 2.05) is 13.8 Å². The van der Waals surface area contributed by atoms with Crippen LogP contribution in [0.4, 0.5) is 17.1 Å². The van der Waals surface area contributed by atoms with Gasteiger partial charge < -0.3 is 27.0 Å². The van der Waals surface area contributed by atoms with E-state index in [9.17, 15) is 9.59 Å². The largest absolute Gasteiger partial charge is 0.465 e. The zero-order valence-electron chi connectivity index (χ0n) is 18.5. The summed E-state index contributed by atoms with van der Waals surface area (Å²) in [5.74, 6) is -0.458. The monoisotopic (exact) mass is 440 g/mol. The van der Waals surface area contributed by atoms with E-state index in [1.54, 1.807) is 31.3 Å². The van der Waals surface area contributed by atoms with Gasteiger partial charge in [0.1, 0.15) is 5.56 Å². The number of pyridine rings is 3. The van der Waals surface area contributed by atoms with Crippen LogP contribution in [0.3, 0.4) is 0 Å². The van der Waals surface area contributed by atoms with Crippen molar-refractivity contribution in [3.8, 4) is 0 Å². The predicted molar refractivity (Wildman–Crippen MR) is 123 cm³/mol. The minimum absolute atomic E-state index is 0.0425. The van der Waals surface area contributed by atoms with Crippen molar-refractivity contribution in [3.05, 3.63) is 70.6 Å². The molecule has 7 N–H and O–H groups in total. The van der Waals surface area contributed by atoms with Crippen molar-refractivity contribution in [1.29, 1.82) is 0 Å². The molecule has 0 saturated heterocycles. The van der Waals surface area contributed by atoms with Crippen LogP contribution in [0, 0.1) is 20.8 Å². The maximum Gasteiger partial charge on any atom is 0.341 e. The lowest BCUT2D eigenvalue weighted by atomic mass is 10.2. The highest BCUT2D eigenvalue weighted by Gasteiger charge is 2.09. The van der Waals surface area contributed by atoms with Crippen LogP contribution >= 0.6 is 0 Å². The van der Waals surface area contributed by atoms with E-state index in [0.29, 0.717) is 40.0 Å². The maximum absolute atomic E-state index is 11.0. The Bertz CT molecular complexity index is 1070. The van der Waals surface area contributed by atoms with Crippen molar-refractivity contribution in [2.75, 3.05) is 24.3 Å². The molecule has 0 aliphatic heterocycles. The number of esters is 1. The Morgan fingerprint density at radius 2 is 1.41 bits per heavy atom. The number of carbonyl (C=O) groups is 2. The first kappa shape index (κ1) is 26.0. The molecule has 3 aromatic rings. The summed E-state index contributed by atoms with van der Waals surface area (Å²) in [5.41, 5.74) is 22.0. The number of aliphatic hydroxyl groups excluding tert-OH is 1. The molecule has 0 unspecified atom stereocenters. The second kappa shape index (κ2) is 12.6. The van der Waals surface area contributed by atoms with Crippen molar-refractivity contribution < 1.29 is 19.4 Å². The van der Waals surface area contributed by atoms with Crippen LogP contribution in [-0.4, -0.2) is 39.4 Å². The summed E-state index contributed by atoms with van der Waals surface area (Å²) in [6, 6.07) is 5.04. The Balaban J connectivity index is 0.000000241. The second-order valence-corrected chi connectivity index (χ2v) is 6.66. The van der Waals surface area contributed by atoms with Gasteiger partial charge in [0.15, 0.2) is 6.29 Å². The first-order valence-corrected chi connectivity index (χ1v) is 9.42. The van der Waals surface area contributed by atoms with Gasteiger partial charge in [-0.2, -0.15) is 0 Å². The SMILES string of the molecule is COC(=O)c1cnc(C)cc1N.Cc1cc(N)c(C=O)cn1.Cc1cc(N)c(CO)cn1. The number of hydrogen-bond acceptors (Lipinski definition) is 10. The average molecular weight is 441 g/mol. The van der Waals surface area contributed by atoms with E-state index < -0.39 is 5.97 Å². The minimum Gasteiger partial charge on any atom is -0.465 e. The number of rotatable bonds is 3. The quantitative estimate of drug-likeness (QED) is 0.347. The van der Waals surface area contributed by atoms with Crippen molar-refractivity contribution in [2.45, 2.75) is 27.4 Å². The van der Waals surface area contributed by atoms with Gasteiger partial charge in [-0.05, 0) is 39.0 Å². The number of nitrogens with zero attached hydrogens (tertiary/aromatic N) is 3. The third kappa shape index (κ3) is 8.00. The number of methoxy groups -OCH3 is 1. The summed E-state index contributed by atoms with van der Waals surface area (Å²) < 4.78 is 4.50. The summed E-state index contributed by atoms with van der Waals surface area (Å²) >= 11 is 0. The molecule has 0 saturated carbocycles. The molecule has 0 radical (unpaired) electrons. The number of anilines is 3. The van der Waals surface area contributed by atoms with E-state index in [-0.39, 0.29) is 6.61 Å². The molecule has 3 heterocycles. The second-order valence-electron chi connectivity index (χ2n) is 6.66. The lowest BCUT2D eigenvalue weighted by Gasteiger charge is -2.02. The van der Waals surface area contributed by atoms with Crippen LogP contribution in [-0.2, 0) is 11.3 Å². The van der Waals surface area contributed by atoms with Crippen molar-refractivity contribution in [3.63, 3.8) is 0 Å². The smallest absolute Gasteiger partial charge is 0.341 e. The fraction of sp³-hybridized carbons (Fsp3) is 0.227. The lowest BCUT2D eigenvalue weighted by molar-refractivity contribution is 0.0601. The number of aryl methyl sites for hydroxylation is 3. The third-order valence-electron chi connectivity index (χ3n) is 4.04. The molecule has 0 aliphatic carbocycles. The third-order valence-corrected chi connectivity index (χ3v) is 4.04. The van der Waals surface area contributed by atoms with Crippen LogP contribution in [0.15, 0.2) is 36.8 Å². The molecule has 0 aromatic carbocycles. The molecule has 0 aliphatic rings. The minimum atomic E-state index is -0.458. The zero-order chi connectivity index (χ0) is 24.3. The van der Waals surface area contributed by atoms with Crippen LogP contribution < -0.4 is 17.2 Å². The van der Waals surface area contributed by atoms with Crippen molar-refractivity contribution >= 4 is 29.3 Å². The van der Waals surface area contributed by atoms with Gasteiger partial charge in [0.25, 0.3) is 0 Å². The first-order valence-electron chi connectivity index (χ1n) is 9.42. The fourth-order valence-electron chi connectivity index (χ4n) is 2.29. The molecule has 0 fully saturated rings. The van der Waals surface area contributed by atoms with E-state index in [1.165, 1.54) is 19.5 Å². The Hall–Kier alpha value is -4.05. The summed E-state index contributed by atoms with van der Waals surface area (Å²) in [6.45, 7) is 5.44. The molecule has 0 amide bonds. The molecule has 0 bridgehead atoms. The van der Waals surface area contributed by atoms with E-state index in [0.717, 1.165) is 17.1 Å². The van der Waals surface area contributed by atoms with Crippen LogP contribution in [0.2, 0.25) is 0 Å². The summed E-state index contributed by atoms with van der Waals surface area (Å²) in [4.78, 5) is 33.0. The molecule has 32 heavy (non-hydrogen) atoms. The van der Waals surface area contributed by atoms with E-state index >= 15 is 0 Å². The number of aldehydes is 1. The van der Waals surface area contributed by atoms with Gasteiger partial charge in [-0.25, -0.2) is 4.79 Å². The summed E-state index contributed by atoms with van der Waals surface area (Å²) in [6.07, 6.45) is 5.17. The highest BCUT2D eigenvalue weighted by Crippen LogP contribution is 2.12. The molecule has 0 spiro atoms. The van der Waals surface area contributed by atoms with Gasteiger partial charge in [-0.3, -0.25) is 19.7 Å². The van der Waals surface area contributed by atoms with Gasteiger partial charge in [-0.1, -0.05) is 0 Å². The average Bonchev–Trinajstić information content (AvgIpc) is 2.74. The van der Waals surface area contributed by atoms with Gasteiger partial charge in [0.2, 0.25) is 0 Å². The van der Waals surface area contributed by atoms with Crippen LogP contribution in [0.25, 0.3) is 0 Å². The fourth-order valence-corrected chi connectivity index (χ4v) is 2.29. The number of ether oxygens (including phenoxy) is 1. The number of aliphatic hydroxyl groups is 1. The molecule has 10 nitrogen and oxygen atoms in total. The molecule has 10 heteroatoms. The topological polar surface area (TPSA) is 180 Å². The number of hydrogen-bond donors (Lipinski definition) is 4. The van der Waals surface area contributed by atoms with Crippen molar-refractivity contribution in [2.24, 2.45) is 0 Å². The molecular formula is C22H28N6O4. The summed E-state index contributed by atoms with van der Waals surface area (Å²) in [5, 5.41) is 8.69. The number of nitrogens with two attached hydrogens (primary N) is 3. The zero-order valence-corrected chi connectivity index (χ0v) is 18.5. The predicted octanol–water partition coefficient (Wildman–Crippen LogP) is 2.01. The standard InChI is InChI=1S/C8H10N2O2.C7H10N2O.C7H8N2O/c1-5-3-7(9)6(4-10-5)8(11)12-2;2*1-5-2-7(8)6(4-10)3-9-5/h3-4H,1-2H3,(H2,9,10);2-3,10H,4H2,1H3,(H2,8,9);2-4H,1H3,(H2,8,9). The molecule has 0 atom stereocenters. The van der Waals surface area contributed by atoms with E-state index in [4.69, 9.17) is 22.3 Å².